The number of aryl methyl sites for hydroxylation is 1. The van der Waals surface area contributed by atoms with Crippen LogP contribution in [0.25, 0.3) is 0 Å². The van der Waals surface area contributed by atoms with Crippen LogP contribution in [0, 0.1) is 12.7 Å². The van der Waals surface area contributed by atoms with E-state index in [4.69, 9.17) is 0 Å². The lowest BCUT2D eigenvalue weighted by atomic mass is 10.0. The highest BCUT2D eigenvalue weighted by Crippen LogP contribution is 2.27. The van der Waals surface area contributed by atoms with E-state index in [1.165, 1.54) is 23.1 Å². The number of nitrogens with zero attached hydrogens (tertiary/aromatic N) is 2. The number of anilines is 1. The third-order valence-corrected chi connectivity index (χ3v) is 9.92. The highest BCUT2D eigenvalue weighted by Gasteiger charge is 2.35. The smallest absolute Gasteiger partial charge is 0.264 e. The summed E-state index contributed by atoms with van der Waals surface area (Å²) in [7, 11) is -4.22. The molecule has 2 amide bonds. The molecular formula is C38H44FN3O4S. The number of hydrogen-bond donors (Lipinski definition) is 1. The largest absolute Gasteiger partial charge is 0.354 e. The normalized spacial score (nSPS) is 12.0. The molecule has 4 aromatic carbocycles. The molecular weight excluding hydrogens is 614 g/mol. The van der Waals surface area contributed by atoms with Gasteiger partial charge >= 0.3 is 0 Å². The zero-order valence-electron chi connectivity index (χ0n) is 27.5. The van der Waals surface area contributed by atoms with E-state index in [-0.39, 0.29) is 35.2 Å². The number of amides is 2. The topological polar surface area (TPSA) is 86.8 Å². The molecule has 47 heavy (non-hydrogen) atoms. The fourth-order valence-corrected chi connectivity index (χ4v) is 6.68. The van der Waals surface area contributed by atoms with Gasteiger partial charge in [0.15, 0.2) is 0 Å². The molecule has 0 aliphatic rings. The average molecular weight is 658 g/mol. The standard InChI is InChI=1S/C38H44FN3O4S/c1-5-6-24-40-38(44)36(25-30-12-8-7-9-13-30)41(26-32-14-10-11-15-35(32)39)37(43)27-42(33-20-18-31(19-21-33)28(2)3)47(45,46)34-22-16-29(4)17-23-34/h7-23,28,36H,5-6,24-27H2,1-4H3,(H,40,44)/t36-/m1/s1. The maximum Gasteiger partial charge on any atom is 0.264 e. The van der Waals surface area contributed by atoms with Gasteiger partial charge in [0, 0.05) is 25.1 Å². The Morgan fingerprint density at radius 1 is 0.851 bits per heavy atom. The Kier molecular flexibility index (Phi) is 12.3. The quantitative estimate of drug-likeness (QED) is 0.139. The summed E-state index contributed by atoms with van der Waals surface area (Å²) in [5.41, 5.74) is 3.24. The van der Waals surface area contributed by atoms with Crippen molar-refractivity contribution in [3.05, 3.63) is 131 Å². The summed E-state index contributed by atoms with van der Waals surface area (Å²) < 4.78 is 44.6. The van der Waals surface area contributed by atoms with Crippen LogP contribution < -0.4 is 9.62 Å². The van der Waals surface area contributed by atoms with Crippen molar-refractivity contribution in [1.29, 1.82) is 0 Å². The first-order valence-electron chi connectivity index (χ1n) is 16.0. The minimum absolute atomic E-state index is 0.0302. The Morgan fingerprint density at radius 2 is 1.49 bits per heavy atom. The van der Waals surface area contributed by atoms with E-state index in [1.54, 1.807) is 42.5 Å². The highest BCUT2D eigenvalue weighted by molar-refractivity contribution is 7.92. The number of hydrogen-bond acceptors (Lipinski definition) is 4. The van der Waals surface area contributed by atoms with Crippen LogP contribution in [0.3, 0.4) is 0 Å². The fraction of sp³-hybridized carbons (Fsp3) is 0.316. The van der Waals surface area contributed by atoms with Crippen molar-refractivity contribution >= 4 is 27.5 Å². The number of rotatable bonds is 15. The van der Waals surface area contributed by atoms with Crippen LogP contribution in [-0.2, 0) is 32.6 Å². The molecule has 1 atom stereocenters. The molecule has 1 N–H and O–H groups in total. The summed E-state index contributed by atoms with van der Waals surface area (Å²) in [4.78, 5) is 29.7. The molecule has 0 bridgehead atoms. The predicted octanol–water partition coefficient (Wildman–Crippen LogP) is 7.01. The van der Waals surface area contributed by atoms with E-state index in [0.29, 0.717) is 12.2 Å². The molecule has 4 aromatic rings. The lowest BCUT2D eigenvalue weighted by Gasteiger charge is -2.34. The van der Waals surface area contributed by atoms with Gasteiger partial charge in [0.05, 0.1) is 10.6 Å². The maximum atomic E-state index is 15.1. The summed E-state index contributed by atoms with van der Waals surface area (Å²) in [5.74, 6) is -1.33. The van der Waals surface area contributed by atoms with E-state index < -0.39 is 34.3 Å². The SMILES string of the molecule is CCCCNC(=O)[C@@H](Cc1ccccc1)N(Cc1ccccc1F)C(=O)CN(c1ccc(C(C)C)cc1)S(=O)(=O)c1ccc(C)cc1. The van der Waals surface area contributed by atoms with Crippen molar-refractivity contribution < 1.29 is 22.4 Å². The predicted molar refractivity (Wildman–Crippen MR) is 185 cm³/mol. The molecule has 248 valence electrons. The first-order chi connectivity index (χ1) is 22.5. The second kappa shape index (κ2) is 16.4. The molecule has 0 aliphatic carbocycles. The highest BCUT2D eigenvalue weighted by atomic mass is 32.2. The molecule has 9 heteroatoms. The fourth-order valence-electron chi connectivity index (χ4n) is 5.26. The molecule has 0 saturated carbocycles. The molecule has 0 aliphatic heterocycles. The molecule has 0 fully saturated rings. The van der Waals surface area contributed by atoms with Crippen LogP contribution in [0.2, 0.25) is 0 Å². The van der Waals surface area contributed by atoms with Crippen LogP contribution in [-0.4, -0.2) is 44.3 Å². The number of nitrogens with one attached hydrogen (secondary N) is 1. The lowest BCUT2D eigenvalue weighted by molar-refractivity contribution is -0.140. The molecule has 7 nitrogen and oxygen atoms in total. The molecule has 0 unspecified atom stereocenters. The van der Waals surface area contributed by atoms with Crippen molar-refractivity contribution in [2.24, 2.45) is 0 Å². The van der Waals surface area contributed by atoms with Crippen LogP contribution >= 0.6 is 0 Å². The van der Waals surface area contributed by atoms with Gasteiger partial charge in [0.1, 0.15) is 18.4 Å². The number of carbonyl (C=O) groups is 2. The van der Waals surface area contributed by atoms with Crippen molar-refractivity contribution in [3.8, 4) is 0 Å². The van der Waals surface area contributed by atoms with Crippen molar-refractivity contribution in [2.45, 2.75) is 70.4 Å². The Bertz CT molecular complexity index is 1730. The van der Waals surface area contributed by atoms with Gasteiger partial charge in [-0.3, -0.25) is 13.9 Å². The lowest BCUT2D eigenvalue weighted by Crippen LogP contribution is -2.53. The van der Waals surface area contributed by atoms with Crippen LogP contribution in [0.1, 0.15) is 61.8 Å². The summed E-state index contributed by atoms with van der Waals surface area (Å²) in [6.45, 7) is 7.54. The first kappa shape index (κ1) is 35.4. The number of unbranched alkanes of at least 4 members (excludes halogenated alkanes) is 1. The minimum atomic E-state index is -4.22. The summed E-state index contributed by atoms with van der Waals surface area (Å²) in [6, 6.07) is 27.8. The van der Waals surface area contributed by atoms with Crippen molar-refractivity contribution in [1.82, 2.24) is 10.2 Å². The summed E-state index contributed by atoms with van der Waals surface area (Å²) in [5, 5.41) is 2.94. The second-order valence-electron chi connectivity index (χ2n) is 12.0. The van der Waals surface area contributed by atoms with E-state index in [2.05, 4.69) is 5.32 Å². The van der Waals surface area contributed by atoms with Gasteiger partial charge < -0.3 is 10.2 Å². The molecule has 0 heterocycles. The van der Waals surface area contributed by atoms with Gasteiger partial charge in [0.25, 0.3) is 10.0 Å². The first-order valence-corrected chi connectivity index (χ1v) is 17.5. The Labute approximate surface area is 278 Å². The number of carbonyl (C=O) groups excluding carboxylic acids is 2. The van der Waals surface area contributed by atoms with Gasteiger partial charge in [-0.25, -0.2) is 12.8 Å². The van der Waals surface area contributed by atoms with Gasteiger partial charge in [0.2, 0.25) is 11.8 Å². The third-order valence-electron chi connectivity index (χ3n) is 8.13. The zero-order chi connectivity index (χ0) is 34.0. The average Bonchev–Trinajstić information content (AvgIpc) is 3.06. The van der Waals surface area contributed by atoms with E-state index in [0.717, 1.165) is 33.8 Å². The molecule has 0 spiro atoms. The van der Waals surface area contributed by atoms with Gasteiger partial charge in [-0.05, 0) is 60.7 Å². The number of benzene rings is 4. The van der Waals surface area contributed by atoms with Gasteiger partial charge in [-0.15, -0.1) is 0 Å². The van der Waals surface area contributed by atoms with Crippen molar-refractivity contribution in [2.75, 3.05) is 17.4 Å². The van der Waals surface area contributed by atoms with Gasteiger partial charge in [-0.2, -0.15) is 0 Å². The van der Waals surface area contributed by atoms with E-state index >= 15 is 4.39 Å². The number of halogens is 1. The van der Waals surface area contributed by atoms with Crippen molar-refractivity contribution in [3.63, 3.8) is 0 Å². The van der Waals surface area contributed by atoms with Crippen LogP contribution in [0.4, 0.5) is 10.1 Å². The van der Waals surface area contributed by atoms with E-state index in [1.807, 2.05) is 70.2 Å². The Morgan fingerprint density at radius 3 is 2.11 bits per heavy atom. The molecule has 0 saturated heterocycles. The number of sulfonamides is 1. The second-order valence-corrected chi connectivity index (χ2v) is 13.9. The van der Waals surface area contributed by atoms with E-state index in [9.17, 15) is 18.0 Å². The van der Waals surface area contributed by atoms with Crippen LogP contribution in [0.5, 0.6) is 0 Å². The molecule has 0 aromatic heterocycles. The minimum Gasteiger partial charge on any atom is -0.354 e. The summed E-state index contributed by atoms with van der Waals surface area (Å²) in [6.07, 6.45) is 1.77. The maximum absolute atomic E-state index is 15.1. The zero-order valence-corrected chi connectivity index (χ0v) is 28.3. The summed E-state index contributed by atoms with van der Waals surface area (Å²) >= 11 is 0. The Hall–Kier alpha value is -4.50. The van der Waals surface area contributed by atoms with Gasteiger partial charge in [-0.1, -0.05) is 106 Å². The third kappa shape index (κ3) is 9.29. The molecule has 4 rings (SSSR count). The Balaban J connectivity index is 1.80. The molecule has 0 radical (unpaired) electrons. The van der Waals surface area contributed by atoms with Crippen LogP contribution in [0.15, 0.2) is 108 Å². The monoisotopic (exact) mass is 657 g/mol.